The van der Waals surface area contributed by atoms with E-state index < -0.39 is 15.9 Å². The predicted molar refractivity (Wildman–Crippen MR) is 149 cm³/mol. The molecule has 0 spiro atoms. The molecule has 2 N–H and O–H groups in total. The van der Waals surface area contributed by atoms with E-state index in [0.717, 1.165) is 10.2 Å². The molecule has 9 nitrogen and oxygen atoms in total. The first-order valence-electron chi connectivity index (χ1n) is 11.6. The standard InChI is InChI=1S/C26H25ClN4O5S2/c1-3-36-14-13-31-23-12-9-20(28-17(2)32)16-24(23)37-26(31)29-25(33)18-5-4-6-21(15-18)30-38(34,35)22-10-7-19(27)8-11-22/h4-12,15-16,30H,3,13-14H2,1-2H3,(H,28,32). The second kappa shape index (κ2) is 11.9. The third-order valence-electron chi connectivity index (χ3n) is 5.35. The van der Waals surface area contributed by atoms with Crippen molar-refractivity contribution in [2.24, 2.45) is 4.99 Å². The highest BCUT2D eigenvalue weighted by molar-refractivity contribution is 7.92. The number of nitrogens with one attached hydrogen (secondary N) is 2. The van der Waals surface area contributed by atoms with Crippen LogP contribution in [0.25, 0.3) is 10.2 Å². The number of ether oxygens (including phenoxy) is 1. The van der Waals surface area contributed by atoms with E-state index in [1.54, 1.807) is 24.3 Å². The molecule has 1 aromatic heterocycles. The van der Waals surface area contributed by atoms with Crippen LogP contribution in [-0.4, -0.2) is 38.0 Å². The zero-order chi connectivity index (χ0) is 27.3. The number of fused-ring (bicyclic) bond motifs is 1. The average molecular weight is 573 g/mol. The summed E-state index contributed by atoms with van der Waals surface area (Å²) in [4.78, 5) is 29.5. The molecule has 38 heavy (non-hydrogen) atoms. The lowest BCUT2D eigenvalue weighted by molar-refractivity contribution is -0.114. The lowest BCUT2D eigenvalue weighted by atomic mass is 10.2. The van der Waals surface area contributed by atoms with Gasteiger partial charge in [-0.15, -0.1) is 0 Å². The van der Waals surface area contributed by atoms with Gasteiger partial charge in [0.15, 0.2) is 4.80 Å². The summed E-state index contributed by atoms with van der Waals surface area (Å²) in [6.45, 7) is 4.79. The van der Waals surface area contributed by atoms with Crippen LogP contribution in [-0.2, 0) is 26.1 Å². The normalized spacial score (nSPS) is 12.0. The Morgan fingerprint density at radius 2 is 1.82 bits per heavy atom. The van der Waals surface area contributed by atoms with Crippen molar-refractivity contribution in [3.63, 3.8) is 0 Å². The summed E-state index contributed by atoms with van der Waals surface area (Å²) >= 11 is 7.16. The van der Waals surface area contributed by atoms with E-state index in [2.05, 4.69) is 15.0 Å². The number of halogens is 1. The van der Waals surface area contributed by atoms with Crippen molar-refractivity contribution in [2.75, 3.05) is 23.3 Å². The zero-order valence-electron chi connectivity index (χ0n) is 20.6. The van der Waals surface area contributed by atoms with Gasteiger partial charge in [0.1, 0.15) is 0 Å². The molecule has 0 radical (unpaired) electrons. The molecular weight excluding hydrogens is 548 g/mol. The summed E-state index contributed by atoms with van der Waals surface area (Å²) in [6, 6.07) is 17.4. The van der Waals surface area contributed by atoms with Gasteiger partial charge in [-0.05, 0) is 67.6 Å². The number of nitrogens with zero attached hydrogens (tertiary/aromatic N) is 2. The SMILES string of the molecule is CCOCCn1c(=NC(=O)c2cccc(NS(=O)(=O)c3ccc(Cl)cc3)c2)sc2cc(NC(C)=O)ccc21. The van der Waals surface area contributed by atoms with Crippen LogP contribution >= 0.6 is 22.9 Å². The van der Waals surface area contributed by atoms with E-state index in [-0.39, 0.29) is 22.1 Å². The van der Waals surface area contributed by atoms with Gasteiger partial charge in [0, 0.05) is 42.0 Å². The smallest absolute Gasteiger partial charge is 0.279 e. The first kappa shape index (κ1) is 27.5. The lowest BCUT2D eigenvalue weighted by Crippen LogP contribution is -2.20. The number of anilines is 2. The Hall–Kier alpha value is -3.51. The van der Waals surface area contributed by atoms with Crippen molar-refractivity contribution in [3.8, 4) is 0 Å². The molecule has 4 aromatic rings. The molecule has 0 saturated heterocycles. The van der Waals surface area contributed by atoms with Gasteiger partial charge in [0.05, 0.1) is 21.7 Å². The predicted octanol–water partition coefficient (Wildman–Crippen LogP) is 4.89. The molecule has 0 aliphatic heterocycles. The van der Waals surface area contributed by atoms with E-state index in [0.29, 0.717) is 35.3 Å². The van der Waals surface area contributed by atoms with Crippen LogP contribution in [0.2, 0.25) is 5.02 Å². The van der Waals surface area contributed by atoms with Gasteiger partial charge in [0.2, 0.25) is 5.91 Å². The molecule has 0 fully saturated rings. The zero-order valence-corrected chi connectivity index (χ0v) is 23.0. The number of carbonyl (C=O) groups is 2. The summed E-state index contributed by atoms with van der Waals surface area (Å²) in [7, 11) is -3.88. The molecule has 0 aliphatic rings. The number of carbonyl (C=O) groups excluding carboxylic acids is 2. The molecule has 0 saturated carbocycles. The number of aromatic nitrogens is 1. The molecule has 12 heteroatoms. The Labute approximate surface area is 228 Å². The van der Waals surface area contributed by atoms with Gasteiger partial charge in [0.25, 0.3) is 15.9 Å². The average Bonchev–Trinajstić information content (AvgIpc) is 3.20. The van der Waals surface area contributed by atoms with Crippen LogP contribution < -0.4 is 14.8 Å². The summed E-state index contributed by atoms with van der Waals surface area (Å²) in [5.74, 6) is -0.715. The maximum Gasteiger partial charge on any atom is 0.279 e. The van der Waals surface area contributed by atoms with Crippen molar-refractivity contribution in [3.05, 3.63) is 82.1 Å². The molecule has 4 rings (SSSR count). The molecule has 0 unspecified atom stereocenters. The maximum absolute atomic E-state index is 13.2. The number of thiazole rings is 1. The van der Waals surface area contributed by atoms with Crippen molar-refractivity contribution in [1.82, 2.24) is 4.57 Å². The monoisotopic (exact) mass is 572 g/mol. The van der Waals surface area contributed by atoms with E-state index in [1.165, 1.54) is 48.6 Å². The van der Waals surface area contributed by atoms with Crippen LogP contribution in [0.1, 0.15) is 24.2 Å². The molecule has 198 valence electrons. The summed E-state index contributed by atoms with van der Waals surface area (Å²) in [6.07, 6.45) is 0. The van der Waals surface area contributed by atoms with E-state index >= 15 is 0 Å². The Morgan fingerprint density at radius 1 is 1.05 bits per heavy atom. The first-order valence-corrected chi connectivity index (χ1v) is 14.3. The molecule has 2 amide bonds. The highest BCUT2D eigenvalue weighted by atomic mass is 35.5. The van der Waals surface area contributed by atoms with Gasteiger partial charge in [-0.1, -0.05) is 29.0 Å². The Kier molecular flexibility index (Phi) is 8.62. The molecular formula is C26H25ClN4O5S2. The van der Waals surface area contributed by atoms with Crippen LogP contribution in [0.15, 0.2) is 76.6 Å². The fraction of sp³-hybridized carbons (Fsp3) is 0.192. The van der Waals surface area contributed by atoms with Gasteiger partial charge in [-0.2, -0.15) is 4.99 Å². The van der Waals surface area contributed by atoms with Crippen LogP contribution in [0.5, 0.6) is 0 Å². The summed E-state index contributed by atoms with van der Waals surface area (Å²) < 4.78 is 36.2. The fourth-order valence-corrected chi connectivity index (χ4v) is 5.92. The topological polar surface area (TPSA) is 119 Å². The van der Waals surface area contributed by atoms with E-state index in [4.69, 9.17) is 16.3 Å². The van der Waals surface area contributed by atoms with Crippen molar-refractivity contribution in [1.29, 1.82) is 0 Å². The second-order valence-corrected chi connectivity index (χ2v) is 11.3. The number of benzene rings is 3. The van der Waals surface area contributed by atoms with Gasteiger partial charge in [-0.3, -0.25) is 14.3 Å². The number of amides is 2. The van der Waals surface area contributed by atoms with Gasteiger partial charge >= 0.3 is 0 Å². The van der Waals surface area contributed by atoms with Crippen molar-refractivity contribution < 1.29 is 22.7 Å². The van der Waals surface area contributed by atoms with E-state index in [9.17, 15) is 18.0 Å². The van der Waals surface area contributed by atoms with Gasteiger partial charge in [-0.25, -0.2) is 8.42 Å². The Balaban J connectivity index is 1.66. The molecule has 1 heterocycles. The molecule has 3 aromatic carbocycles. The summed E-state index contributed by atoms with van der Waals surface area (Å²) in [5.41, 5.74) is 1.93. The summed E-state index contributed by atoms with van der Waals surface area (Å²) in [5, 5.41) is 3.18. The highest BCUT2D eigenvalue weighted by Crippen LogP contribution is 2.23. The highest BCUT2D eigenvalue weighted by Gasteiger charge is 2.16. The van der Waals surface area contributed by atoms with Crippen molar-refractivity contribution >= 4 is 66.4 Å². The fourth-order valence-electron chi connectivity index (χ4n) is 3.65. The minimum absolute atomic E-state index is 0.0440. The minimum atomic E-state index is -3.88. The first-order chi connectivity index (χ1) is 18.2. The molecule has 0 aliphatic carbocycles. The Bertz CT molecular complexity index is 1660. The van der Waals surface area contributed by atoms with Crippen LogP contribution in [0.4, 0.5) is 11.4 Å². The molecule has 0 bridgehead atoms. The number of sulfonamides is 1. The molecule has 0 atom stereocenters. The lowest BCUT2D eigenvalue weighted by Gasteiger charge is -2.09. The van der Waals surface area contributed by atoms with Crippen LogP contribution in [0, 0.1) is 0 Å². The number of hydrogen-bond donors (Lipinski definition) is 2. The third-order valence-corrected chi connectivity index (χ3v) is 8.04. The van der Waals surface area contributed by atoms with Crippen molar-refractivity contribution in [2.45, 2.75) is 25.3 Å². The number of rotatable bonds is 9. The third kappa shape index (κ3) is 6.67. The minimum Gasteiger partial charge on any atom is -0.380 e. The maximum atomic E-state index is 13.2. The van der Waals surface area contributed by atoms with E-state index in [1.807, 2.05) is 23.6 Å². The van der Waals surface area contributed by atoms with Crippen LogP contribution in [0.3, 0.4) is 0 Å². The Morgan fingerprint density at radius 3 is 2.53 bits per heavy atom. The van der Waals surface area contributed by atoms with Gasteiger partial charge < -0.3 is 14.6 Å². The quantitative estimate of drug-likeness (QED) is 0.277. The second-order valence-electron chi connectivity index (χ2n) is 8.15. The number of hydrogen-bond acceptors (Lipinski definition) is 6. The largest absolute Gasteiger partial charge is 0.380 e.